The summed E-state index contributed by atoms with van der Waals surface area (Å²) >= 11 is 2.87. The number of hydrazone groups is 1. The van der Waals surface area contributed by atoms with Crippen molar-refractivity contribution in [2.45, 2.75) is 4.34 Å². The Morgan fingerprint density at radius 2 is 2.00 bits per heavy atom. The molecule has 0 radical (unpaired) electrons. The summed E-state index contributed by atoms with van der Waals surface area (Å²) in [6.07, 6.45) is 1.39. The van der Waals surface area contributed by atoms with Gasteiger partial charge in [-0.15, -0.1) is 11.3 Å². The fraction of sp³-hybridized carbons (Fsp3) is 0.111. The fourth-order valence-electron chi connectivity index (χ4n) is 2.10. The zero-order chi connectivity index (χ0) is 19.1. The number of nitrogens with one attached hydrogen (secondary N) is 1. The lowest BCUT2D eigenvalue weighted by Gasteiger charge is -2.08. The lowest BCUT2D eigenvalue weighted by molar-refractivity contribution is -0.307. The molecule has 0 spiro atoms. The molecule has 1 amide bonds. The molecule has 0 aliphatic heterocycles. The molecular weight excluding hydrogens is 386 g/mol. The average molecular weight is 400 g/mol. The number of benzene rings is 2. The number of rotatable bonds is 8. The Morgan fingerprint density at radius 3 is 2.81 bits per heavy atom. The van der Waals surface area contributed by atoms with Crippen molar-refractivity contribution in [3.8, 4) is 5.75 Å². The third-order valence-electron chi connectivity index (χ3n) is 3.26. The van der Waals surface area contributed by atoms with Crippen LogP contribution in [0.1, 0.15) is 5.56 Å². The van der Waals surface area contributed by atoms with Crippen LogP contribution in [-0.4, -0.2) is 35.4 Å². The Morgan fingerprint density at radius 1 is 1.22 bits per heavy atom. The molecule has 0 unspecified atom stereocenters. The number of carboxylic acids is 1. The quantitative estimate of drug-likeness (QED) is 0.350. The Bertz CT molecular complexity index is 954. The predicted molar refractivity (Wildman–Crippen MR) is 103 cm³/mol. The number of carbonyl (C=O) groups excluding carboxylic acids is 2. The lowest BCUT2D eigenvalue weighted by Crippen LogP contribution is -2.29. The van der Waals surface area contributed by atoms with Crippen LogP contribution in [0.4, 0.5) is 0 Å². The van der Waals surface area contributed by atoms with Gasteiger partial charge in [0.15, 0.2) is 4.34 Å². The summed E-state index contributed by atoms with van der Waals surface area (Å²) in [6, 6.07) is 14.5. The van der Waals surface area contributed by atoms with Gasteiger partial charge in [-0.2, -0.15) is 5.10 Å². The van der Waals surface area contributed by atoms with Gasteiger partial charge in [-0.3, -0.25) is 4.79 Å². The van der Waals surface area contributed by atoms with E-state index < -0.39 is 12.6 Å². The molecule has 3 aromatic rings. The molecule has 0 bridgehead atoms. The molecule has 1 aromatic heterocycles. The molecule has 9 heteroatoms. The number of nitrogens with zero attached hydrogens (tertiary/aromatic N) is 2. The Balaban J connectivity index is 1.52. The summed E-state index contributed by atoms with van der Waals surface area (Å²) in [5.74, 6) is -1.07. The number of aromatic nitrogens is 1. The van der Waals surface area contributed by atoms with E-state index in [4.69, 9.17) is 4.74 Å². The number of aliphatic carboxylic acids is 1. The summed E-state index contributed by atoms with van der Waals surface area (Å²) in [5, 5.41) is 14.4. The normalized spacial score (nSPS) is 11.0. The first-order valence-corrected chi connectivity index (χ1v) is 9.64. The van der Waals surface area contributed by atoms with E-state index in [1.54, 1.807) is 24.3 Å². The second kappa shape index (κ2) is 9.15. The van der Waals surface area contributed by atoms with Crippen molar-refractivity contribution < 1.29 is 19.4 Å². The zero-order valence-electron chi connectivity index (χ0n) is 14.0. The van der Waals surface area contributed by atoms with Crippen molar-refractivity contribution in [2.75, 3.05) is 12.4 Å². The maximum Gasteiger partial charge on any atom is 0.250 e. The minimum atomic E-state index is -1.32. The van der Waals surface area contributed by atoms with Crippen LogP contribution in [0, 0.1) is 0 Å². The molecule has 0 atom stereocenters. The van der Waals surface area contributed by atoms with Crippen molar-refractivity contribution in [3.05, 3.63) is 54.1 Å². The molecule has 2 aromatic carbocycles. The van der Waals surface area contributed by atoms with E-state index in [9.17, 15) is 14.7 Å². The predicted octanol–water partition coefficient (Wildman–Crippen LogP) is 1.67. The van der Waals surface area contributed by atoms with Gasteiger partial charge in [0.05, 0.1) is 28.2 Å². The highest BCUT2D eigenvalue weighted by molar-refractivity contribution is 8.01. The van der Waals surface area contributed by atoms with E-state index in [0.29, 0.717) is 11.3 Å². The highest BCUT2D eigenvalue weighted by Crippen LogP contribution is 2.29. The summed E-state index contributed by atoms with van der Waals surface area (Å²) in [6.45, 7) is -0.560. The van der Waals surface area contributed by atoms with Crippen molar-refractivity contribution in [1.82, 2.24) is 10.4 Å². The van der Waals surface area contributed by atoms with Crippen LogP contribution in [0.5, 0.6) is 5.75 Å². The number of thiazole rings is 1. The molecule has 1 heterocycles. The number of hydrogen-bond donors (Lipinski definition) is 1. The molecule has 0 aliphatic carbocycles. The molecule has 7 nitrogen and oxygen atoms in total. The number of carbonyl (C=O) groups is 2. The smallest absolute Gasteiger partial charge is 0.250 e. The molecule has 138 valence electrons. The summed E-state index contributed by atoms with van der Waals surface area (Å²) in [7, 11) is 0. The number of thioether (sulfide) groups is 1. The van der Waals surface area contributed by atoms with Crippen molar-refractivity contribution in [3.63, 3.8) is 0 Å². The first-order chi connectivity index (χ1) is 13.1. The monoisotopic (exact) mass is 400 g/mol. The fourth-order valence-corrected chi connectivity index (χ4v) is 3.96. The molecule has 3 rings (SSSR count). The SMILES string of the molecule is O=C([O-])COc1ccccc1/C=N\NC(=O)CSc1nc2ccccc2s1. The number of ether oxygens (including phenoxy) is 1. The van der Waals surface area contributed by atoms with E-state index in [2.05, 4.69) is 15.5 Å². The van der Waals surface area contributed by atoms with Crippen LogP contribution < -0.4 is 15.3 Å². The maximum atomic E-state index is 11.9. The van der Waals surface area contributed by atoms with Gasteiger partial charge >= 0.3 is 0 Å². The van der Waals surface area contributed by atoms with Gasteiger partial charge in [-0.1, -0.05) is 36.0 Å². The average Bonchev–Trinajstić information content (AvgIpc) is 3.08. The number of hydrogen-bond acceptors (Lipinski definition) is 8. The van der Waals surface area contributed by atoms with Crippen molar-refractivity contribution in [1.29, 1.82) is 0 Å². The van der Waals surface area contributed by atoms with E-state index in [1.165, 1.54) is 29.3 Å². The molecule has 1 N–H and O–H groups in total. The highest BCUT2D eigenvalue weighted by Gasteiger charge is 2.07. The summed E-state index contributed by atoms with van der Waals surface area (Å²) < 4.78 is 7.00. The van der Waals surface area contributed by atoms with Gasteiger partial charge in [0.2, 0.25) is 0 Å². The van der Waals surface area contributed by atoms with E-state index in [0.717, 1.165) is 14.6 Å². The van der Waals surface area contributed by atoms with E-state index in [-0.39, 0.29) is 11.7 Å². The van der Waals surface area contributed by atoms with Crippen LogP contribution in [0.2, 0.25) is 0 Å². The van der Waals surface area contributed by atoms with Crippen molar-refractivity contribution in [2.24, 2.45) is 5.10 Å². The number of fused-ring (bicyclic) bond motifs is 1. The largest absolute Gasteiger partial charge is 0.546 e. The van der Waals surface area contributed by atoms with Crippen LogP contribution in [0.3, 0.4) is 0 Å². The molecule has 27 heavy (non-hydrogen) atoms. The van der Waals surface area contributed by atoms with Gasteiger partial charge < -0.3 is 14.6 Å². The Kier molecular flexibility index (Phi) is 6.39. The topological polar surface area (TPSA) is 104 Å². The van der Waals surface area contributed by atoms with Crippen LogP contribution in [0.25, 0.3) is 10.2 Å². The van der Waals surface area contributed by atoms with Crippen molar-refractivity contribution >= 4 is 51.4 Å². The van der Waals surface area contributed by atoms with Gasteiger partial charge in [0, 0.05) is 5.56 Å². The maximum absolute atomic E-state index is 11.9. The molecule has 0 saturated heterocycles. The second-order valence-corrected chi connectivity index (χ2v) is 7.48. The van der Waals surface area contributed by atoms with E-state index >= 15 is 0 Å². The van der Waals surface area contributed by atoms with Crippen LogP contribution >= 0.6 is 23.1 Å². The second-order valence-electron chi connectivity index (χ2n) is 5.23. The molecule has 0 saturated carbocycles. The molecule has 0 fully saturated rings. The lowest BCUT2D eigenvalue weighted by atomic mass is 10.2. The Hall–Kier alpha value is -2.91. The number of amides is 1. The number of para-hydroxylation sites is 2. The molecule has 0 aliphatic rings. The number of carboxylic acid groups (broad SMARTS) is 1. The van der Waals surface area contributed by atoms with Crippen LogP contribution in [0.15, 0.2) is 58.0 Å². The molecular formula is C18H14N3O4S2-. The highest BCUT2D eigenvalue weighted by atomic mass is 32.2. The van der Waals surface area contributed by atoms with E-state index in [1.807, 2.05) is 24.3 Å². The van der Waals surface area contributed by atoms with Gasteiger partial charge in [0.1, 0.15) is 12.4 Å². The minimum Gasteiger partial charge on any atom is -0.546 e. The summed E-state index contributed by atoms with van der Waals surface area (Å²) in [4.78, 5) is 26.9. The summed E-state index contributed by atoms with van der Waals surface area (Å²) in [5.41, 5.74) is 3.88. The minimum absolute atomic E-state index is 0.181. The first kappa shape index (κ1) is 18.9. The third-order valence-corrected chi connectivity index (χ3v) is 5.44. The zero-order valence-corrected chi connectivity index (χ0v) is 15.6. The standard InChI is InChI=1S/C18H15N3O4S2/c22-16(11-26-18-20-13-6-2-4-8-15(13)27-18)21-19-9-12-5-1-3-7-14(12)25-10-17(23)24/h1-9H,10-11H2,(H,21,22)(H,23,24)/p-1/b19-9-. The third kappa shape index (κ3) is 5.53. The van der Waals surface area contributed by atoms with Crippen LogP contribution in [-0.2, 0) is 9.59 Å². The van der Waals surface area contributed by atoms with Gasteiger partial charge in [-0.25, -0.2) is 10.4 Å². The Labute approximate surface area is 163 Å². The van der Waals surface area contributed by atoms with Gasteiger partial charge in [-0.05, 0) is 24.3 Å². The van der Waals surface area contributed by atoms with Gasteiger partial charge in [0.25, 0.3) is 5.91 Å². The first-order valence-electron chi connectivity index (χ1n) is 7.84.